The molecule has 0 spiro atoms. The van der Waals surface area contributed by atoms with E-state index in [1.165, 1.54) is 27.4 Å². The third-order valence-electron chi connectivity index (χ3n) is 8.93. The van der Waals surface area contributed by atoms with Crippen molar-refractivity contribution in [3.8, 4) is 0 Å². The summed E-state index contributed by atoms with van der Waals surface area (Å²) in [6.45, 7) is 20.9. The minimum absolute atomic E-state index is 0.567. The van der Waals surface area contributed by atoms with Gasteiger partial charge < -0.3 is 9.47 Å². The smallest absolute Gasteiger partial charge is 0.161 e. The maximum absolute atomic E-state index is 4.71. The molecule has 0 saturated heterocycles. The van der Waals surface area contributed by atoms with E-state index in [1.807, 2.05) is 37.3 Å². The first kappa shape index (κ1) is 39.0. The van der Waals surface area contributed by atoms with E-state index in [4.69, 9.17) is 5.10 Å². The topological polar surface area (TPSA) is 38.9 Å². The van der Waals surface area contributed by atoms with Crippen LogP contribution in [0.3, 0.4) is 0 Å². The van der Waals surface area contributed by atoms with Gasteiger partial charge in [-0.3, -0.25) is 4.57 Å². The molecule has 5 rings (SSSR count). The van der Waals surface area contributed by atoms with E-state index in [2.05, 4.69) is 188 Å². The molecule has 0 fully saturated rings. The molecule has 0 N–H and O–H groups in total. The maximum atomic E-state index is 4.71. The van der Waals surface area contributed by atoms with Crippen LogP contribution < -0.4 is 4.90 Å². The van der Waals surface area contributed by atoms with Gasteiger partial charge in [0.1, 0.15) is 5.82 Å². The zero-order valence-corrected chi connectivity index (χ0v) is 32.7. The first-order valence-corrected chi connectivity index (χ1v) is 18.7. The van der Waals surface area contributed by atoms with Crippen LogP contribution in [0, 0.1) is 0 Å². The molecule has 0 aliphatic rings. The Bertz CT molecular complexity index is 2290. The van der Waals surface area contributed by atoms with Crippen LogP contribution in [0.5, 0.6) is 0 Å². The highest BCUT2D eigenvalue weighted by atomic mass is 15.3. The zero-order chi connectivity index (χ0) is 38.5. The minimum Gasteiger partial charge on any atom is -0.316 e. The van der Waals surface area contributed by atoms with Gasteiger partial charge >= 0.3 is 0 Å². The van der Waals surface area contributed by atoms with Crippen molar-refractivity contribution in [2.45, 2.75) is 60.8 Å². The quantitative estimate of drug-likeness (QED) is 0.0957. The predicted octanol–water partition coefficient (Wildman–Crippen LogP) is 13.3. The lowest BCUT2D eigenvalue weighted by Gasteiger charge is -2.26. The normalized spacial score (nSPS) is 13.0. The average Bonchev–Trinajstić information content (AvgIpc) is 3.70. The van der Waals surface area contributed by atoms with Crippen molar-refractivity contribution in [1.82, 2.24) is 19.3 Å². The molecule has 0 bridgehead atoms. The molecular formula is C49H53N5. The Morgan fingerprint density at radius 3 is 2.07 bits per heavy atom. The van der Waals surface area contributed by atoms with E-state index in [9.17, 15) is 0 Å². The van der Waals surface area contributed by atoms with E-state index in [-0.39, 0.29) is 0 Å². The Labute approximate surface area is 322 Å². The number of benzene rings is 3. The summed E-state index contributed by atoms with van der Waals surface area (Å²) in [6.07, 6.45) is 27.8. The number of nitrogens with zero attached hydrogens (tertiary/aromatic N) is 5. The molecule has 0 aliphatic carbocycles. The molecule has 3 aromatic carbocycles. The number of fused-ring (bicyclic) bond motifs is 3. The maximum Gasteiger partial charge on any atom is 0.161 e. The Kier molecular flexibility index (Phi) is 13.8. The monoisotopic (exact) mass is 711 g/mol. The summed E-state index contributed by atoms with van der Waals surface area (Å²) in [7, 11) is 0. The number of hydrogen-bond donors (Lipinski definition) is 0. The Morgan fingerprint density at radius 2 is 1.44 bits per heavy atom. The van der Waals surface area contributed by atoms with E-state index >= 15 is 0 Å². The number of hydrogen-bond acceptors (Lipinski definition) is 3. The second kappa shape index (κ2) is 19.0. The van der Waals surface area contributed by atoms with E-state index in [1.54, 1.807) is 0 Å². The highest BCUT2D eigenvalue weighted by Gasteiger charge is 2.17. The van der Waals surface area contributed by atoms with Crippen molar-refractivity contribution in [3.63, 3.8) is 0 Å². The number of anilines is 1. The third kappa shape index (κ3) is 9.42. The first-order chi connectivity index (χ1) is 26.2. The lowest BCUT2D eigenvalue weighted by molar-refractivity contribution is 0.921. The van der Waals surface area contributed by atoms with Gasteiger partial charge in [-0.2, -0.15) is 0 Å². The van der Waals surface area contributed by atoms with E-state index in [0.29, 0.717) is 6.42 Å². The lowest BCUT2D eigenvalue weighted by atomic mass is 10.1. The van der Waals surface area contributed by atoms with Crippen LogP contribution in [0.15, 0.2) is 181 Å². The molecule has 2 aromatic heterocycles. The van der Waals surface area contributed by atoms with Gasteiger partial charge in [-0.1, -0.05) is 129 Å². The molecule has 0 atom stereocenters. The fourth-order valence-electron chi connectivity index (χ4n) is 6.73. The summed E-state index contributed by atoms with van der Waals surface area (Å²) in [6, 6.07) is 27.5. The van der Waals surface area contributed by atoms with E-state index < -0.39 is 0 Å². The number of unbranched alkanes of at least 4 members (excludes halogenated alkanes) is 1. The van der Waals surface area contributed by atoms with Crippen LogP contribution in [-0.4, -0.2) is 19.3 Å². The van der Waals surface area contributed by atoms with Gasteiger partial charge in [-0.25, -0.2) is 0 Å². The second-order valence-corrected chi connectivity index (χ2v) is 13.6. The van der Waals surface area contributed by atoms with Gasteiger partial charge in [0, 0.05) is 40.5 Å². The first-order valence-electron chi connectivity index (χ1n) is 18.7. The van der Waals surface area contributed by atoms with Crippen molar-refractivity contribution in [3.05, 3.63) is 193 Å². The van der Waals surface area contributed by atoms with Crippen molar-refractivity contribution in [1.29, 1.82) is 0 Å². The van der Waals surface area contributed by atoms with Crippen LogP contribution in [0.2, 0.25) is 0 Å². The average molecular weight is 712 g/mol. The molecule has 2 heterocycles. The molecule has 0 radical (unpaired) electrons. The lowest BCUT2D eigenvalue weighted by Crippen LogP contribution is -2.19. The summed E-state index contributed by atoms with van der Waals surface area (Å²) >= 11 is 0. The zero-order valence-electron chi connectivity index (χ0n) is 32.7. The number of para-hydroxylation sites is 3. The number of aromatic nitrogens is 4. The molecule has 0 aliphatic heterocycles. The van der Waals surface area contributed by atoms with Crippen LogP contribution in [0.4, 0.5) is 5.69 Å². The predicted molar refractivity (Wildman–Crippen MR) is 235 cm³/mol. The summed E-state index contributed by atoms with van der Waals surface area (Å²) < 4.78 is 4.44. The van der Waals surface area contributed by atoms with Gasteiger partial charge in [-0.15, -0.1) is 10.2 Å². The Hall–Kier alpha value is -6.20. The molecule has 0 amide bonds. The van der Waals surface area contributed by atoms with Crippen molar-refractivity contribution >= 4 is 45.5 Å². The summed E-state index contributed by atoms with van der Waals surface area (Å²) in [5, 5.41) is 11.8. The van der Waals surface area contributed by atoms with Gasteiger partial charge in [-0.05, 0) is 101 Å². The van der Waals surface area contributed by atoms with Crippen molar-refractivity contribution in [2.24, 2.45) is 0 Å². The summed E-state index contributed by atoms with van der Waals surface area (Å²) in [5.41, 5.74) is 9.78. The van der Waals surface area contributed by atoms with Crippen LogP contribution >= 0.6 is 0 Å². The number of rotatable bonds is 16. The van der Waals surface area contributed by atoms with Gasteiger partial charge in [0.25, 0.3) is 0 Å². The van der Waals surface area contributed by atoms with E-state index in [0.717, 1.165) is 58.4 Å². The van der Waals surface area contributed by atoms with Crippen molar-refractivity contribution in [2.75, 3.05) is 4.90 Å². The van der Waals surface area contributed by atoms with Crippen LogP contribution in [0.25, 0.3) is 39.8 Å². The SMILES string of the molecule is C=C/C=C(\C=C/Cc1nnc(/C=C/C=C\CCC)n1C(=C(C)C)/C(C)=C\C(=C)C)N(/C(C)=C/C=C/n1c2ccccc2c2ccccc21)c1ccccc1. The molecule has 5 nitrogen and oxygen atoms in total. The minimum atomic E-state index is 0.567. The Balaban J connectivity index is 1.51. The standard InChI is InChI=1S/C49H53N5/c1-9-11-12-13-17-33-47-50-51-48(54(47)49(38(5)6)39(7)36-37(3)4)34-22-28-41(24-10-2)53(42-26-15-14-16-27-42)40(8)25-23-35-52-45-31-20-18-29-43(45)44-30-19-21-32-46(44)52/h10,12-33,35-36H,2-3,9,11,34H2,1,4-8H3/b13-12-,28-22-,33-17+,35-23+,39-36-,40-25+,41-24+. The largest absolute Gasteiger partial charge is 0.316 e. The van der Waals surface area contributed by atoms with Gasteiger partial charge in [0.05, 0.1) is 16.7 Å². The molecular weight excluding hydrogens is 659 g/mol. The van der Waals surface area contributed by atoms with Crippen molar-refractivity contribution < 1.29 is 0 Å². The summed E-state index contributed by atoms with van der Waals surface area (Å²) in [5.74, 6) is 1.63. The molecule has 274 valence electrons. The van der Waals surface area contributed by atoms with Crippen LogP contribution in [0.1, 0.15) is 66.0 Å². The van der Waals surface area contributed by atoms with Gasteiger partial charge in [0.15, 0.2) is 5.82 Å². The molecule has 54 heavy (non-hydrogen) atoms. The molecule has 5 aromatic rings. The number of allylic oxidation sites excluding steroid dienone is 15. The Morgan fingerprint density at radius 1 is 0.778 bits per heavy atom. The molecule has 0 unspecified atom stereocenters. The van der Waals surface area contributed by atoms with Crippen LogP contribution in [-0.2, 0) is 6.42 Å². The second-order valence-electron chi connectivity index (χ2n) is 13.6. The van der Waals surface area contributed by atoms with Gasteiger partial charge in [0.2, 0.25) is 0 Å². The fourth-order valence-corrected chi connectivity index (χ4v) is 6.73. The fraction of sp³-hybridized carbons (Fsp3) is 0.184. The third-order valence-corrected chi connectivity index (χ3v) is 8.93. The molecule has 5 heteroatoms. The highest BCUT2D eigenvalue weighted by Crippen LogP contribution is 2.30. The highest BCUT2D eigenvalue weighted by molar-refractivity contribution is 6.09. The molecule has 0 saturated carbocycles. The summed E-state index contributed by atoms with van der Waals surface area (Å²) in [4.78, 5) is 2.25.